The van der Waals surface area contributed by atoms with E-state index in [-0.39, 0.29) is 11.9 Å². The molecule has 0 aliphatic carbocycles. The molecule has 1 amide bonds. The number of anilines is 1. The van der Waals surface area contributed by atoms with Crippen molar-refractivity contribution in [1.82, 2.24) is 0 Å². The van der Waals surface area contributed by atoms with Gasteiger partial charge >= 0.3 is 0 Å². The van der Waals surface area contributed by atoms with Crippen LogP contribution >= 0.6 is 11.6 Å². The van der Waals surface area contributed by atoms with Gasteiger partial charge in [0.1, 0.15) is 5.75 Å². The minimum atomic E-state index is 0.170. The molecule has 1 heterocycles. The van der Waals surface area contributed by atoms with Gasteiger partial charge in [0.15, 0.2) is 0 Å². The van der Waals surface area contributed by atoms with E-state index in [1.54, 1.807) is 0 Å². The Kier molecular flexibility index (Phi) is 5.10. The highest BCUT2D eigenvalue weighted by Gasteiger charge is 2.29. The Morgan fingerprint density at radius 1 is 1.29 bits per heavy atom. The summed E-state index contributed by atoms with van der Waals surface area (Å²) in [4.78, 5) is 14.5. The third kappa shape index (κ3) is 3.57. The number of carbonyl (C=O) groups is 1. The second-order valence-electron chi connectivity index (χ2n) is 6.31. The first-order valence-corrected chi connectivity index (χ1v) is 8.73. The Hall–Kier alpha value is -2.00. The van der Waals surface area contributed by atoms with Crippen molar-refractivity contribution in [2.75, 3.05) is 11.5 Å². The van der Waals surface area contributed by atoms with Gasteiger partial charge in [0.2, 0.25) is 5.91 Å². The van der Waals surface area contributed by atoms with E-state index in [4.69, 9.17) is 16.3 Å². The summed E-state index contributed by atoms with van der Waals surface area (Å²) in [5, 5.41) is 0.705. The highest BCUT2D eigenvalue weighted by molar-refractivity contribution is 6.30. The Bertz CT molecular complexity index is 744. The maximum absolute atomic E-state index is 12.6. The third-order valence-electron chi connectivity index (χ3n) is 4.41. The quantitative estimate of drug-likeness (QED) is 0.731. The fourth-order valence-corrected chi connectivity index (χ4v) is 3.47. The van der Waals surface area contributed by atoms with E-state index < -0.39 is 0 Å². The molecule has 1 aliphatic rings. The number of para-hydroxylation sites is 1. The standard InChI is InChI=1S/C20H22ClNO2/c1-14-12-17(21)9-10-19(14)24-11-5-8-20(23)22-15(2)13-16-6-3-4-7-18(16)22/h3-4,6-7,9-10,12,15H,5,8,11,13H2,1-2H3. The van der Waals surface area contributed by atoms with Crippen molar-refractivity contribution < 1.29 is 9.53 Å². The summed E-state index contributed by atoms with van der Waals surface area (Å²) < 4.78 is 5.77. The third-order valence-corrected chi connectivity index (χ3v) is 4.64. The molecule has 4 heteroatoms. The van der Waals surface area contributed by atoms with Gasteiger partial charge in [0.05, 0.1) is 6.61 Å². The van der Waals surface area contributed by atoms with E-state index in [0.717, 1.165) is 23.4 Å². The van der Waals surface area contributed by atoms with Gasteiger partial charge < -0.3 is 9.64 Å². The van der Waals surface area contributed by atoms with E-state index in [0.29, 0.717) is 24.5 Å². The molecule has 0 saturated carbocycles. The molecule has 2 aromatic rings. The van der Waals surface area contributed by atoms with E-state index >= 15 is 0 Å². The summed E-state index contributed by atoms with van der Waals surface area (Å²) in [5.41, 5.74) is 3.33. The number of nitrogens with zero attached hydrogens (tertiary/aromatic N) is 1. The van der Waals surface area contributed by atoms with Crippen LogP contribution in [0.3, 0.4) is 0 Å². The number of halogens is 1. The molecule has 0 aromatic heterocycles. The summed E-state index contributed by atoms with van der Waals surface area (Å²) >= 11 is 5.94. The van der Waals surface area contributed by atoms with Crippen LogP contribution in [0.2, 0.25) is 5.02 Å². The Labute approximate surface area is 148 Å². The highest BCUT2D eigenvalue weighted by atomic mass is 35.5. The topological polar surface area (TPSA) is 29.5 Å². The molecule has 0 N–H and O–H groups in total. The molecular weight excluding hydrogens is 322 g/mol. The van der Waals surface area contributed by atoms with Gasteiger partial charge in [0.25, 0.3) is 0 Å². The monoisotopic (exact) mass is 343 g/mol. The van der Waals surface area contributed by atoms with E-state index in [1.807, 2.05) is 48.2 Å². The highest BCUT2D eigenvalue weighted by Crippen LogP contribution is 2.32. The van der Waals surface area contributed by atoms with Crippen LogP contribution in [0.15, 0.2) is 42.5 Å². The maximum Gasteiger partial charge on any atom is 0.227 e. The number of fused-ring (bicyclic) bond motifs is 1. The zero-order valence-corrected chi connectivity index (χ0v) is 14.8. The predicted molar refractivity (Wildman–Crippen MR) is 98.0 cm³/mol. The second kappa shape index (κ2) is 7.27. The number of aryl methyl sites for hydroxylation is 1. The molecule has 0 spiro atoms. The molecule has 24 heavy (non-hydrogen) atoms. The summed E-state index contributed by atoms with van der Waals surface area (Å²) in [6.45, 7) is 4.60. The van der Waals surface area contributed by atoms with Crippen LogP contribution in [-0.4, -0.2) is 18.6 Å². The zero-order chi connectivity index (χ0) is 17.1. The molecule has 1 aliphatic heterocycles. The molecule has 2 aromatic carbocycles. The van der Waals surface area contributed by atoms with Crippen molar-refractivity contribution in [1.29, 1.82) is 0 Å². The largest absolute Gasteiger partial charge is 0.493 e. The van der Waals surface area contributed by atoms with Gasteiger partial charge in [-0.1, -0.05) is 29.8 Å². The first-order chi connectivity index (χ1) is 11.6. The van der Waals surface area contributed by atoms with Gasteiger partial charge in [-0.05, 0) is 62.1 Å². The van der Waals surface area contributed by atoms with Gasteiger partial charge in [-0.2, -0.15) is 0 Å². The molecule has 3 nitrogen and oxygen atoms in total. The molecule has 1 atom stereocenters. The SMILES string of the molecule is Cc1cc(Cl)ccc1OCCCC(=O)N1c2ccccc2CC1C. The van der Waals surface area contributed by atoms with Crippen molar-refractivity contribution in [3.05, 3.63) is 58.6 Å². The van der Waals surface area contributed by atoms with Crippen molar-refractivity contribution in [3.63, 3.8) is 0 Å². The molecular formula is C20H22ClNO2. The number of rotatable bonds is 5. The zero-order valence-electron chi connectivity index (χ0n) is 14.1. The van der Waals surface area contributed by atoms with Crippen molar-refractivity contribution in [3.8, 4) is 5.75 Å². The van der Waals surface area contributed by atoms with Crippen molar-refractivity contribution in [2.45, 2.75) is 39.2 Å². The van der Waals surface area contributed by atoms with E-state index in [9.17, 15) is 4.79 Å². The lowest BCUT2D eigenvalue weighted by atomic mass is 10.1. The summed E-state index contributed by atoms with van der Waals surface area (Å²) in [6, 6.07) is 14.0. The Morgan fingerprint density at radius 2 is 2.08 bits per heavy atom. The van der Waals surface area contributed by atoms with Crippen molar-refractivity contribution in [2.24, 2.45) is 0 Å². The first-order valence-electron chi connectivity index (χ1n) is 8.35. The predicted octanol–water partition coefficient (Wildman–Crippen LogP) is 4.79. The molecule has 1 unspecified atom stereocenters. The molecule has 0 saturated heterocycles. The van der Waals surface area contributed by atoms with Crippen LogP contribution in [0.25, 0.3) is 0 Å². The van der Waals surface area contributed by atoms with Gasteiger partial charge in [-0.15, -0.1) is 0 Å². The van der Waals surface area contributed by atoms with Crippen LogP contribution in [0.5, 0.6) is 5.75 Å². The summed E-state index contributed by atoms with van der Waals surface area (Å²) in [7, 11) is 0. The van der Waals surface area contributed by atoms with Crippen LogP contribution in [0.1, 0.15) is 30.9 Å². The number of carbonyl (C=O) groups excluding carboxylic acids is 1. The average Bonchev–Trinajstić information content (AvgIpc) is 2.88. The van der Waals surface area contributed by atoms with E-state index in [1.165, 1.54) is 5.56 Å². The summed E-state index contributed by atoms with van der Waals surface area (Å²) in [5.74, 6) is 0.996. The van der Waals surface area contributed by atoms with E-state index in [2.05, 4.69) is 13.0 Å². The fourth-order valence-electron chi connectivity index (χ4n) is 3.25. The number of hydrogen-bond donors (Lipinski definition) is 0. The smallest absolute Gasteiger partial charge is 0.227 e. The van der Waals surface area contributed by atoms with Crippen LogP contribution in [0.4, 0.5) is 5.69 Å². The normalized spacial score (nSPS) is 16.1. The average molecular weight is 344 g/mol. The fraction of sp³-hybridized carbons (Fsp3) is 0.350. The number of hydrogen-bond acceptors (Lipinski definition) is 2. The maximum atomic E-state index is 12.6. The van der Waals surface area contributed by atoms with Crippen LogP contribution in [-0.2, 0) is 11.2 Å². The Morgan fingerprint density at radius 3 is 2.88 bits per heavy atom. The van der Waals surface area contributed by atoms with Crippen LogP contribution in [0, 0.1) is 6.92 Å². The minimum absolute atomic E-state index is 0.170. The molecule has 0 fully saturated rings. The number of benzene rings is 2. The molecule has 126 valence electrons. The summed E-state index contributed by atoms with van der Waals surface area (Å²) in [6.07, 6.45) is 2.12. The lowest BCUT2D eigenvalue weighted by Crippen LogP contribution is -2.35. The van der Waals surface area contributed by atoms with Crippen molar-refractivity contribution >= 4 is 23.2 Å². The first kappa shape index (κ1) is 16.8. The molecule has 0 bridgehead atoms. The van der Waals surface area contributed by atoms with Gasteiger partial charge in [-0.25, -0.2) is 0 Å². The van der Waals surface area contributed by atoms with Crippen LogP contribution < -0.4 is 9.64 Å². The molecule has 0 radical (unpaired) electrons. The lowest BCUT2D eigenvalue weighted by molar-refractivity contribution is -0.119. The number of ether oxygens (including phenoxy) is 1. The Balaban J connectivity index is 1.53. The van der Waals surface area contributed by atoms with Gasteiger partial charge in [0, 0.05) is 23.2 Å². The number of amides is 1. The lowest BCUT2D eigenvalue weighted by Gasteiger charge is -2.22. The minimum Gasteiger partial charge on any atom is -0.493 e. The van der Waals surface area contributed by atoms with Gasteiger partial charge in [-0.3, -0.25) is 4.79 Å². The molecule has 3 rings (SSSR count). The second-order valence-corrected chi connectivity index (χ2v) is 6.74.